The van der Waals surface area contributed by atoms with Gasteiger partial charge in [0.25, 0.3) is 0 Å². The topological polar surface area (TPSA) is 84.3 Å². The Morgan fingerprint density at radius 3 is 2.73 bits per heavy atom. The summed E-state index contributed by atoms with van der Waals surface area (Å²) in [6, 6.07) is 8.18. The van der Waals surface area contributed by atoms with Crippen LogP contribution in [0.3, 0.4) is 0 Å². The van der Waals surface area contributed by atoms with Crippen molar-refractivity contribution in [2.24, 2.45) is 0 Å². The van der Waals surface area contributed by atoms with E-state index < -0.39 is 0 Å². The van der Waals surface area contributed by atoms with E-state index in [4.69, 9.17) is 0 Å². The maximum Gasteiger partial charge on any atom is 0.163 e. The van der Waals surface area contributed by atoms with E-state index in [1.807, 2.05) is 29.2 Å². The molecule has 132 valence electrons. The summed E-state index contributed by atoms with van der Waals surface area (Å²) in [5.74, 6) is 1.63. The van der Waals surface area contributed by atoms with Gasteiger partial charge in [0.05, 0.1) is 17.1 Å². The van der Waals surface area contributed by atoms with E-state index in [2.05, 4.69) is 63.3 Å². The minimum absolute atomic E-state index is 0.140. The molecular weight excluding hydrogens is 326 g/mol. The molecule has 3 aromatic heterocycles. The van der Waals surface area contributed by atoms with Crippen LogP contribution in [0.1, 0.15) is 26.3 Å². The van der Waals surface area contributed by atoms with Gasteiger partial charge in [0, 0.05) is 24.5 Å². The van der Waals surface area contributed by atoms with Crippen LogP contribution in [0.15, 0.2) is 49.2 Å². The number of hydrogen-bond donors (Lipinski definition) is 2. The predicted octanol–water partition coefficient (Wildman–Crippen LogP) is 3.58. The lowest BCUT2D eigenvalue weighted by molar-refractivity contribution is 0.366. The van der Waals surface area contributed by atoms with Crippen LogP contribution in [0.4, 0.5) is 5.82 Å². The van der Waals surface area contributed by atoms with Crippen molar-refractivity contribution in [2.45, 2.75) is 32.9 Å². The van der Waals surface area contributed by atoms with Crippen LogP contribution in [0.5, 0.6) is 0 Å². The average molecular weight is 347 g/mol. The molecule has 7 nitrogen and oxygen atoms in total. The zero-order valence-corrected chi connectivity index (χ0v) is 15.1. The fourth-order valence-electron chi connectivity index (χ4n) is 2.97. The van der Waals surface area contributed by atoms with Crippen LogP contribution in [0.25, 0.3) is 22.4 Å². The lowest BCUT2D eigenvalue weighted by Crippen LogP contribution is -2.23. The monoisotopic (exact) mass is 347 g/mol. The molecule has 26 heavy (non-hydrogen) atoms. The van der Waals surface area contributed by atoms with Crippen molar-refractivity contribution >= 4 is 16.9 Å². The normalized spacial score (nSPS) is 11.8. The van der Waals surface area contributed by atoms with Gasteiger partial charge in [0.15, 0.2) is 5.65 Å². The molecule has 1 aromatic carbocycles. The number of imidazole rings is 1. The average Bonchev–Trinajstić information content (AvgIpc) is 3.29. The zero-order chi connectivity index (χ0) is 18.1. The molecule has 0 aliphatic carbocycles. The van der Waals surface area contributed by atoms with Gasteiger partial charge in [-0.05, 0) is 26.3 Å². The highest BCUT2D eigenvalue weighted by molar-refractivity contribution is 5.86. The van der Waals surface area contributed by atoms with E-state index in [-0.39, 0.29) is 5.54 Å². The molecule has 3 heterocycles. The van der Waals surface area contributed by atoms with Crippen LogP contribution in [-0.2, 0) is 12.1 Å². The number of benzene rings is 1. The first-order chi connectivity index (χ1) is 12.5. The van der Waals surface area contributed by atoms with Gasteiger partial charge in [0.1, 0.15) is 18.0 Å². The first kappa shape index (κ1) is 16.3. The quantitative estimate of drug-likeness (QED) is 0.589. The molecule has 4 aromatic rings. The SMILES string of the molecule is CC(C)(C)n1ncc2c(NCc3ccccc3-c3ncc[nH]3)ncnc21. The molecule has 0 aliphatic rings. The summed E-state index contributed by atoms with van der Waals surface area (Å²) in [4.78, 5) is 16.4. The van der Waals surface area contributed by atoms with Gasteiger partial charge in [-0.1, -0.05) is 24.3 Å². The van der Waals surface area contributed by atoms with Crippen molar-refractivity contribution in [3.63, 3.8) is 0 Å². The zero-order valence-electron chi connectivity index (χ0n) is 15.1. The van der Waals surface area contributed by atoms with Gasteiger partial charge < -0.3 is 10.3 Å². The number of rotatable bonds is 4. The Labute approximate surface area is 151 Å². The molecule has 0 spiro atoms. The predicted molar refractivity (Wildman–Crippen MR) is 102 cm³/mol. The third kappa shape index (κ3) is 2.92. The number of H-pyrrole nitrogens is 1. The Kier molecular flexibility index (Phi) is 3.91. The molecule has 0 amide bonds. The van der Waals surface area contributed by atoms with E-state index in [9.17, 15) is 0 Å². The van der Waals surface area contributed by atoms with Gasteiger partial charge in [-0.15, -0.1) is 0 Å². The van der Waals surface area contributed by atoms with Crippen LogP contribution in [0.2, 0.25) is 0 Å². The van der Waals surface area contributed by atoms with E-state index in [1.54, 1.807) is 12.5 Å². The van der Waals surface area contributed by atoms with Crippen LogP contribution in [0, 0.1) is 0 Å². The molecule has 2 N–H and O–H groups in total. The minimum atomic E-state index is -0.140. The third-order valence-corrected chi connectivity index (χ3v) is 4.22. The highest BCUT2D eigenvalue weighted by Gasteiger charge is 2.19. The number of anilines is 1. The summed E-state index contributed by atoms with van der Waals surface area (Å²) in [5, 5.41) is 8.84. The first-order valence-corrected chi connectivity index (χ1v) is 8.55. The van der Waals surface area contributed by atoms with Crippen molar-refractivity contribution in [3.8, 4) is 11.4 Å². The molecule has 0 unspecified atom stereocenters. The van der Waals surface area contributed by atoms with E-state index in [1.165, 1.54) is 0 Å². The summed E-state index contributed by atoms with van der Waals surface area (Å²) < 4.78 is 1.92. The largest absolute Gasteiger partial charge is 0.365 e. The molecule has 0 bridgehead atoms. The molecule has 0 atom stereocenters. The number of nitrogens with zero attached hydrogens (tertiary/aromatic N) is 5. The second-order valence-corrected chi connectivity index (χ2v) is 7.14. The van der Waals surface area contributed by atoms with Crippen molar-refractivity contribution < 1.29 is 0 Å². The third-order valence-electron chi connectivity index (χ3n) is 4.22. The summed E-state index contributed by atoms with van der Waals surface area (Å²) in [6.07, 6.45) is 6.98. The number of hydrogen-bond acceptors (Lipinski definition) is 5. The van der Waals surface area contributed by atoms with Crippen molar-refractivity contribution in [3.05, 3.63) is 54.7 Å². The summed E-state index contributed by atoms with van der Waals surface area (Å²) in [6.45, 7) is 6.94. The standard InChI is InChI=1S/C19H21N7/c1-19(2,3)26-18-15(11-25-26)17(23-12-24-18)22-10-13-6-4-5-7-14(13)16-20-8-9-21-16/h4-9,11-12H,10H2,1-3H3,(H,20,21)(H,22,23,24). The molecule has 0 aliphatic heterocycles. The van der Waals surface area contributed by atoms with E-state index >= 15 is 0 Å². The lowest BCUT2D eigenvalue weighted by atomic mass is 10.1. The van der Waals surface area contributed by atoms with E-state index in [0.29, 0.717) is 6.54 Å². The molecule has 0 saturated heterocycles. The highest BCUT2D eigenvalue weighted by Crippen LogP contribution is 2.25. The number of aromatic amines is 1. The smallest absolute Gasteiger partial charge is 0.163 e. The highest BCUT2D eigenvalue weighted by atomic mass is 15.3. The second-order valence-electron chi connectivity index (χ2n) is 7.14. The van der Waals surface area contributed by atoms with Gasteiger partial charge in [-0.3, -0.25) is 0 Å². The van der Waals surface area contributed by atoms with Crippen LogP contribution < -0.4 is 5.32 Å². The Morgan fingerprint density at radius 1 is 1.12 bits per heavy atom. The Hall–Kier alpha value is -3.22. The fourth-order valence-corrected chi connectivity index (χ4v) is 2.97. The molecular formula is C19H21N7. The van der Waals surface area contributed by atoms with Gasteiger partial charge in [-0.25, -0.2) is 19.6 Å². The van der Waals surface area contributed by atoms with Crippen molar-refractivity contribution in [1.82, 2.24) is 29.7 Å². The van der Waals surface area contributed by atoms with Crippen molar-refractivity contribution in [2.75, 3.05) is 5.32 Å². The molecule has 0 radical (unpaired) electrons. The second kappa shape index (κ2) is 6.25. The van der Waals surface area contributed by atoms with Gasteiger partial charge in [0.2, 0.25) is 0 Å². The summed E-state index contributed by atoms with van der Waals surface area (Å²) >= 11 is 0. The first-order valence-electron chi connectivity index (χ1n) is 8.55. The maximum atomic E-state index is 4.50. The van der Waals surface area contributed by atoms with Gasteiger partial charge in [-0.2, -0.15) is 5.10 Å². The van der Waals surface area contributed by atoms with Crippen LogP contribution in [-0.4, -0.2) is 29.7 Å². The molecule has 7 heteroatoms. The number of aromatic nitrogens is 6. The maximum absolute atomic E-state index is 4.50. The minimum Gasteiger partial charge on any atom is -0.365 e. The number of nitrogens with one attached hydrogen (secondary N) is 2. The lowest BCUT2D eigenvalue weighted by Gasteiger charge is -2.19. The van der Waals surface area contributed by atoms with Crippen molar-refractivity contribution in [1.29, 1.82) is 0 Å². The Balaban J connectivity index is 1.65. The Morgan fingerprint density at radius 2 is 1.96 bits per heavy atom. The molecule has 0 fully saturated rings. The number of fused-ring (bicyclic) bond motifs is 1. The fraction of sp³-hybridized carbons (Fsp3) is 0.263. The molecule has 0 saturated carbocycles. The van der Waals surface area contributed by atoms with Gasteiger partial charge >= 0.3 is 0 Å². The molecule has 4 rings (SSSR count). The Bertz CT molecular complexity index is 1030. The summed E-state index contributed by atoms with van der Waals surface area (Å²) in [5.41, 5.74) is 2.90. The summed E-state index contributed by atoms with van der Waals surface area (Å²) in [7, 11) is 0. The van der Waals surface area contributed by atoms with E-state index in [0.717, 1.165) is 33.8 Å². The van der Waals surface area contributed by atoms with Crippen LogP contribution >= 0.6 is 0 Å².